The molecule has 0 amide bonds. The van der Waals surface area contributed by atoms with Crippen LogP contribution in [0.2, 0.25) is 0 Å². The molecule has 0 fully saturated rings. The Morgan fingerprint density at radius 3 is 1.88 bits per heavy atom. The Morgan fingerprint density at radius 1 is 0.800 bits per heavy atom. The van der Waals surface area contributed by atoms with Gasteiger partial charge in [0.2, 0.25) is 0 Å². The third kappa shape index (κ3) is 10.4. The number of nitrogens with two attached hydrogens (primary N) is 2. The molecule has 0 radical (unpaired) electrons. The normalized spacial score (nSPS) is 14.0. The molecule has 0 atom stereocenters. The molecule has 0 aromatic heterocycles. The molecular formula is C20H43N5. The van der Waals surface area contributed by atoms with Crippen LogP contribution in [0.3, 0.4) is 0 Å². The molecule has 0 saturated heterocycles. The van der Waals surface area contributed by atoms with Crippen LogP contribution in [0.25, 0.3) is 0 Å². The Morgan fingerprint density at radius 2 is 1.36 bits per heavy atom. The number of rotatable bonds is 12. The van der Waals surface area contributed by atoms with Crippen molar-refractivity contribution in [3.05, 3.63) is 0 Å². The van der Waals surface area contributed by atoms with Gasteiger partial charge in [0, 0.05) is 6.54 Å². The van der Waals surface area contributed by atoms with Crippen molar-refractivity contribution in [3.63, 3.8) is 0 Å². The first-order chi connectivity index (χ1) is 11.7. The maximum atomic E-state index is 5.93. The van der Waals surface area contributed by atoms with Crippen molar-refractivity contribution in [3.8, 4) is 0 Å². The molecular weight excluding hydrogens is 310 g/mol. The van der Waals surface area contributed by atoms with Crippen LogP contribution >= 0.6 is 0 Å². The van der Waals surface area contributed by atoms with E-state index in [0.29, 0.717) is 17.3 Å². The summed E-state index contributed by atoms with van der Waals surface area (Å²) in [7, 11) is 0. The van der Waals surface area contributed by atoms with Crippen molar-refractivity contribution in [1.82, 2.24) is 5.32 Å². The van der Waals surface area contributed by atoms with E-state index >= 15 is 0 Å². The lowest BCUT2D eigenvalue weighted by atomic mass is 9.80. The van der Waals surface area contributed by atoms with Crippen LogP contribution in [-0.4, -0.2) is 24.0 Å². The third-order valence-corrected chi connectivity index (χ3v) is 5.85. The van der Waals surface area contributed by atoms with E-state index < -0.39 is 0 Å². The van der Waals surface area contributed by atoms with Gasteiger partial charge in [0.15, 0.2) is 11.9 Å². The van der Waals surface area contributed by atoms with Crippen LogP contribution < -0.4 is 16.8 Å². The summed E-state index contributed by atoms with van der Waals surface area (Å²) in [6.45, 7) is 14.1. The van der Waals surface area contributed by atoms with Crippen molar-refractivity contribution in [2.75, 3.05) is 6.54 Å². The number of hydrogen-bond donors (Lipinski definition) is 3. The molecule has 0 aromatic carbocycles. The van der Waals surface area contributed by atoms with Gasteiger partial charge in [-0.3, -0.25) is 10.3 Å². The van der Waals surface area contributed by atoms with Crippen molar-refractivity contribution in [2.45, 2.75) is 105 Å². The molecule has 25 heavy (non-hydrogen) atoms. The van der Waals surface area contributed by atoms with E-state index in [1.54, 1.807) is 0 Å². The van der Waals surface area contributed by atoms with Gasteiger partial charge in [-0.15, -0.1) is 0 Å². The summed E-state index contributed by atoms with van der Waals surface area (Å²) in [5.74, 6) is 0.714. The highest BCUT2D eigenvalue weighted by atomic mass is 15.2. The number of guanidine groups is 2. The Hall–Kier alpha value is -1.26. The minimum atomic E-state index is -0.136. The van der Waals surface area contributed by atoms with Crippen LogP contribution in [0, 0.1) is 5.41 Å². The number of nitrogens with one attached hydrogen (secondary N) is 1. The average Bonchev–Trinajstić information content (AvgIpc) is 2.60. The maximum Gasteiger partial charge on any atom is 0.195 e. The predicted octanol–water partition coefficient (Wildman–Crippen LogP) is 4.56. The molecule has 5 N–H and O–H groups in total. The largest absolute Gasteiger partial charge is 0.370 e. The van der Waals surface area contributed by atoms with Gasteiger partial charge in [-0.05, 0) is 38.0 Å². The molecule has 0 spiro atoms. The van der Waals surface area contributed by atoms with Crippen molar-refractivity contribution >= 4 is 11.9 Å². The van der Waals surface area contributed by atoms with Gasteiger partial charge in [0.1, 0.15) is 0 Å². The summed E-state index contributed by atoms with van der Waals surface area (Å²) in [4.78, 5) is 8.86. The summed E-state index contributed by atoms with van der Waals surface area (Å²) in [5.41, 5.74) is 12.2. The van der Waals surface area contributed by atoms with Crippen LogP contribution in [0.4, 0.5) is 0 Å². The lowest BCUT2D eigenvalue weighted by molar-refractivity contribution is 0.262. The highest BCUT2D eigenvalue weighted by molar-refractivity contribution is 5.97. The quantitative estimate of drug-likeness (QED) is 0.273. The van der Waals surface area contributed by atoms with Crippen LogP contribution in [0.5, 0.6) is 0 Å². The van der Waals surface area contributed by atoms with E-state index in [9.17, 15) is 0 Å². The predicted molar refractivity (Wildman–Crippen MR) is 112 cm³/mol. The molecule has 5 heteroatoms. The van der Waals surface area contributed by atoms with Gasteiger partial charge in [-0.1, -0.05) is 66.7 Å². The Labute approximate surface area is 156 Å². The highest BCUT2D eigenvalue weighted by Gasteiger charge is 2.19. The fourth-order valence-electron chi connectivity index (χ4n) is 2.72. The summed E-state index contributed by atoms with van der Waals surface area (Å²) in [6, 6.07) is 0. The Kier molecular flexibility index (Phi) is 11.5. The first-order valence-electron chi connectivity index (χ1n) is 10.2. The molecule has 148 valence electrons. The highest BCUT2D eigenvalue weighted by Crippen LogP contribution is 2.31. The lowest BCUT2D eigenvalue weighted by Gasteiger charge is -2.26. The SMILES string of the molecule is CCC(C)(CC)CCCCCCN=C(N)NC(N)=NC(C)(CC)CC. The third-order valence-electron chi connectivity index (χ3n) is 5.85. The molecule has 0 bridgehead atoms. The van der Waals surface area contributed by atoms with Gasteiger partial charge in [-0.25, -0.2) is 4.99 Å². The van der Waals surface area contributed by atoms with E-state index in [2.05, 4.69) is 56.8 Å². The molecule has 5 nitrogen and oxygen atoms in total. The zero-order valence-corrected chi connectivity index (χ0v) is 17.6. The minimum absolute atomic E-state index is 0.136. The van der Waals surface area contributed by atoms with E-state index in [-0.39, 0.29) is 5.54 Å². The zero-order valence-electron chi connectivity index (χ0n) is 17.6. The smallest absolute Gasteiger partial charge is 0.195 e. The van der Waals surface area contributed by atoms with Gasteiger partial charge in [0.05, 0.1) is 5.54 Å². The average molecular weight is 354 g/mol. The second kappa shape index (κ2) is 12.2. The molecule has 0 aliphatic heterocycles. The molecule has 0 aliphatic rings. The Bertz CT molecular complexity index is 406. The van der Waals surface area contributed by atoms with Gasteiger partial charge in [0.25, 0.3) is 0 Å². The molecule has 0 aromatic rings. The summed E-state index contributed by atoms with van der Waals surface area (Å²) in [5, 5.41) is 2.90. The molecule has 0 aliphatic carbocycles. The van der Waals surface area contributed by atoms with E-state index in [0.717, 1.165) is 25.8 Å². The molecule has 0 rings (SSSR count). The van der Waals surface area contributed by atoms with Crippen LogP contribution in [-0.2, 0) is 0 Å². The van der Waals surface area contributed by atoms with Crippen molar-refractivity contribution < 1.29 is 0 Å². The number of hydrogen-bond acceptors (Lipinski definition) is 2. The zero-order chi connectivity index (χ0) is 19.3. The number of nitrogens with zero attached hydrogens (tertiary/aromatic N) is 2. The number of aliphatic imine (C=N–C) groups is 2. The summed E-state index contributed by atoms with van der Waals surface area (Å²) < 4.78 is 0. The standard InChI is InChI=1S/C20H43N5/c1-7-19(5,8-2)15-13-11-12-14-16-23-17(21)24-18(22)25-20(6,9-3)10-4/h7-16H2,1-6H3,(H5,21,22,23,24,25). The molecule has 0 heterocycles. The second-order valence-corrected chi connectivity index (χ2v) is 7.78. The van der Waals surface area contributed by atoms with Crippen molar-refractivity contribution in [2.24, 2.45) is 26.9 Å². The minimum Gasteiger partial charge on any atom is -0.370 e. The fraction of sp³-hybridized carbons (Fsp3) is 0.900. The van der Waals surface area contributed by atoms with Gasteiger partial charge < -0.3 is 11.5 Å². The monoisotopic (exact) mass is 353 g/mol. The topological polar surface area (TPSA) is 88.8 Å². The Balaban J connectivity index is 4.05. The van der Waals surface area contributed by atoms with Crippen LogP contribution in [0.1, 0.15) is 99.3 Å². The first kappa shape index (κ1) is 23.7. The van der Waals surface area contributed by atoms with E-state index in [1.807, 2.05) is 0 Å². The second-order valence-electron chi connectivity index (χ2n) is 7.78. The van der Waals surface area contributed by atoms with Crippen molar-refractivity contribution in [1.29, 1.82) is 0 Å². The first-order valence-corrected chi connectivity index (χ1v) is 10.2. The van der Waals surface area contributed by atoms with Gasteiger partial charge >= 0.3 is 0 Å². The maximum absolute atomic E-state index is 5.93. The molecule has 0 saturated carbocycles. The van der Waals surface area contributed by atoms with E-state index in [4.69, 9.17) is 11.5 Å². The lowest BCUT2D eigenvalue weighted by Crippen LogP contribution is -2.43. The van der Waals surface area contributed by atoms with Crippen LogP contribution in [0.15, 0.2) is 9.98 Å². The summed E-state index contributed by atoms with van der Waals surface area (Å²) in [6.07, 6.45) is 10.6. The summed E-state index contributed by atoms with van der Waals surface area (Å²) >= 11 is 0. The molecule has 0 unspecified atom stereocenters. The fourth-order valence-corrected chi connectivity index (χ4v) is 2.72. The van der Waals surface area contributed by atoms with Gasteiger partial charge in [-0.2, -0.15) is 0 Å². The van der Waals surface area contributed by atoms with E-state index in [1.165, 1.54) is 38.5 Å². The number of unbranched alkanes of at least 4 members (excludes halogenated alkanes) is 3.